The van der Waals surface area contributed by atoms with Crippen LogP contribution in [0.15, 0.2) is 36.4 Å². The topological polar surface area (TPSA) is 104 Å². The molecule has 2 rings (SSSR count). The van der Waals surface area contributed by atoms with Crippen LogP contribution in [0, 0.1) is 0 Å². The molecule has 0 aliphatic heterocycles. The number of carboxylic acid groups (broad SMARTS) is 1. The van der Waals surface area contributed by atoms with E-state index in [4.69, 9.17) is 5.73 Å². The number of hydrogen-bond acceptors (Lipinski definition) is 6. The van der Waals surface area contributed by atoms with Crippen molar-refractivity contribution < 1.29 is 14.7 Å². The molecule has 6 nitrogen and oxygen atoms in total. The van der Waals surface area contributed by atoms with E-state index in [1.807, 2.05) is 36.6 Å². The van der Waals surface area contributed by atoms with Gasteiger partial charge in [-0.05, 0) is 41.3 Å². The Labute approximate surface area is 168 Å². The Morgan fingerprint density at radius 3 is 2.70 bits per heavy atom. The third kappa shape index (κ3) is 6.05. The Morgan fingerprint density at radius 2 is 2.04 bits per heavy atom. The number of rotatable bonds is 10. The lowest BCUT2D eigenvalue weighted by Crippen LogP contribution is -2.41. The number of carbonyl (C=O) groups excluding carboxylic acids is 1. The number of carboxylic acids is 1. The third-order valence-corrected chi connectivity index (χ3v) is 5.24. The minimum absolute atomic E-state index is 0.111. The number of hydrogen-bond donors (Lipinski definition) is 5. The zero-order valence-corrected chi connectivity index (χ0v) is 16.9. The van der Waals surface area contributed by atoms with Crippen molar-refractivity contribution in [2.75, 3.05) is 29.6 Å². The van der Waals surface area contributed by atoms with Crippen LogP contribution in [-0.2, 0) is 4.79 Å². The zero-order valence-electron chi connectivity index (χ0n) is 15.1. The van der Waals surface area contributed by atoms with Crippen LogP contribution in [0.25, 0.3) is 10.8 Å². The molecular weight excluding hydrogens is 382 g/mol. The molecule has 2 aromatic rings. The number of aliphatic carboxylic acids is 1. The SMILES string of the molecule is CSCC[C@H](NC(=O)c1cc(NC[C@@H](N)CS)cc2ccccc12)C(=O)O. The number of carbonyl (C=O) groups is 2. The van der Waals surface area contributed by atoms with Gasteiger partial charge in [0.25, 0.3) is 5.91 Å². The highest BCUT2D eigenvalue weighted by atomic mass is 32.2. The summed E-state index contributed by atoms with van der Waals surface area (Å²) < 4.78 is 0. The molecule has 5 N–H and O–H groups in total. The Hall–Kier alpha value is -1.90. The van der Waals surface area contributed by atoms with Crippen LogP contribution in [0.3, 0.4) is 0 Å². The van der Waals surface area contributed by atoms with Gasteiger partial charge in [-0.15, -0.1) is 0 Å². The number of benzene rings is 2. The molecule has 0 radical (unpaired) electrons. The third-order valence-electron chi connectivity index (χ3n) is 4.12. The van der Waals surface area contributed by atoms with Crippen molar-refractivity contribution in [2.45, 2.75) is 18.5 Å². The molecule has 0 spiro atoms. The van der Waals surface area contributed by atoms with Gasteiger partial charge in [-0.25, -0.2) is 4.79 Å². The lowest BCUT2D eigenvalue weighted by atomic mass is 10.0. The second kappa shape index (κ2) is 10.4. The smallest absolute Gasteiger partial charge is 0.326 e. The average molecular weight is 408 g/mol. The van der Waals surface area contributed by atoms with Crippen LogP contribution in [0.2, 0.25) is 0 Å². The number of nitrogens with two attached hydrogens (primary N) is 1. The summed E-state index contributed by atoms with van der Waals surface area (Å²) in [5.74, 6) is -0.234. The standard InChI is InChI=1S/C19H25N3O3S2/c1-27-7-6-17(19(24)25)22-18(23)16-9-14(21-10-13(20)11-26)8-12-4-2-3-5-15(12)16/h2-5,8-9,13,17,21,26H,6-7,10-11,20H2,1H3,(H,22,23)(H,24,25)/t13-,17+/m1/s1. The molecule has 27 heavy (non-hydrogen) atoms. The van der Waals surface area contributed by atoms with E-state index in [9.17, 15) is 14.7 Å². The van der Waals surface area contributed by atoms with Crippen molar-refractivity contribution in [1.29, 1.82) is 0 Å². The van der Waals surface area contributed by atoms with Gasteiger partial charge in [0.15, 0.2) is 0 Å². The molecule has 8 heteroatoms. The number of amides is 1. The molecular formula is C19H25N3O3S2. The van der Waals surface area contributed by atoms with Crippen LogP contribution in [-0.4, -0.2) is 53.4 Å². The molecule has 0 saturated heterocycles. The van der Waals surface area contributed by atoms with E-state index in [1.54, 1.807) is 17.8 Å². The van der Waals surface area contributed by atoms with E-state index in [1.165, 1.54) is 0 Å². The first kappa shape index (κ1) is 21.4. The van der Waals surface area contributed by atoms with Crippen molar-refractivity contribution >= 4 is 52.7 Å². The Morgan fingerprint density at radius 1 is 1.30 bits per heavy atom. The molecule has 0 aliphatic carbocycles. The first-order valence-electron chi connectivity index (χ1n) is 8.62. The number of thioether (sulfide) groups is 1. The fourth-order valence-electron chi connectivity index (χ4n) is 2.64. The lowest BCUT2D eigenvalue weighted by molar-refractivity contribution is -0.139. The molecule has 0 saturated carbocycles. The molecule has 0 fully saturated rings. The van der Waals surface area contributed by atoms with Crippen LogP contribution in [0.5, 0.6) is 0 Å². The summed E-state index contributed by atoms with van der Waals surface area (Å²) in [4.78, 5) is 24.3. The quantitative estimate of drug-likeness (QED) is 0.388. The highest BCUT2D eigenvalue weighted by Crippen LogP contribution is 2.24. The van der Waals surface area contributed by atoms with E-state index in [-0.39, 0.29) is 6.04 Å². The number of anilines is 1. The summed E-state index contributed by atoms with van der Waals surface area (Å²) >= 11 is 5.72. The molecule has 146 valence electrons. The number of nitrogens with one attached hydrogen (secondary N) is 2. The second-order valence-corrected chi connectivity index (χ2v) is 7.57. The van der Waals surface area contributed by atoms with Crippen LogP contribution in [0.4, 0.5) is 5.69 Å². The van der Waals surface area contributed by atoms with Crippen molar-refractivity contribution in [3.63, 3.8) is 0 Å². The summed E-state index contributed by atoms with van der Waals surface area (Å²) in [6, 6.07) is 10.2. The van der Waals surface area contributed by atoms with Gasteiger partial charge in [0, 0.05) is 29.6 Å². The van der Waals surface area contributed by atoms with Crippen LogP contribution in [0.1, 0.15) is 16.8 Å². The second-order valence-electron chi connectivity index (χ2n) is 6.21. The first-order chi connectivity index (χ1) is 13.0. The maximum absolute atomic E-state index is 12.8. The fraction of sp³-hybridized carbons (Fsp3) is 0.368. The van der Waals surface area contributed by atoms with Crippen molar-refractivity contribution in [2.24, 2.45) is 5.73 Å². The van der Waals surface area contributed by atoms with Gasteiger partial charge in [0.05, 0.1) is 0 Å². The maximum Gasteiger partial charge on any atom is 0.326 e. The number of fused-ring (bicyclic) bond motifs is 1. The van der Waals surface area contributed by atoms with Crippen LogP contribution >= 0.6 is 24.4 Å². The monoisotopic (exact) mass is 407 g/mol. The minimum atomic E-state index is -1.03. The van der Waals surface area contributed by atoms with Gasteiger partial charge in [-0.1, -0.05) is 24.3 Å². The molecule has 0 bridgehead atoms. The molecule has 0 heterocycles. The van der Waals surface area contributed by atoms with E-state index in [0.29, 0.717) is 30.0 Å². The van der Waals surface area contributed by atoms with E-state index >= 15 is 0 Å². The van der Waals surface area contributed by atoms with Crippen LogP contribution < -0.4 is 16.4 Å². The van der Waals surface area contributed by atoms with Gasteiger partial charge in [-0.2, -0.15) is 24.4 Å². The number of thiol groups is 1. The lowest BCUT2D eigenvalue weighted by Gasteiger charge is -2.17. The van der Waals surface area contributed by atoms with Gasteiger partial charge < -0.3 is 21.5 Å². The van der Waals surface area contributed by atoms with Gasteiger partial charge >= 0.3 is 5.97 Å². The van der Waals surface area contributed by atoms with E-state index in [2.05, 4.69) is 23.3 Å². The first-order valence-corrected chi connectivity index (χ1v) is 10.6. The van der Waals surface area contributed by atoms with Crippen molar-refractivity contribution in [1.82, 2.24) is 5.32 Å². The minimum Gasteiger partial charge on any atom is -0.480 e. The van der Waals surface area contributed by atoms with Gasteiger partial charge in [0.2, 0.25) is 0 Å². The molecule has 2 atom stereocenters. The highest BCUT2D eigenvalue weighted by Gasteiger charge is 2.21. The maximum atomic E-state index is 12.8. The Kier molecular flexibility index (Phi) is 8.27. The van der Waals surface area contributed by atoms with Crippen molar-refractivity contribution in [3.8, 4) is 0 Å². The summed E-state index contributed by atoms with van der Waals surface area (Å²) in [6.07, 6.45) is 2.27. The summed E-state index contributed by atoms with van der Waals surface area (Å²) in [5.41, 5.74) is 7.08. The fourth-order valence-corrected chi connectivity index (χ4v) is 3.24. The predicted octanol–water partition coefficient (Wildman–Crippen LogP) is 2.44. The molecule has 2 aromatic carbocycles. The Balaban J connectivity index is 2.31. The normalized spacial score (nSPS) is 13.1. The molecule has 0 aliphatic rings. The van der Waals surface area contributed by atoms with Gasteiger partial charge in [0.1, 0.15) is 6.04 Å². The average Bonchev–Trinajstić information content (AvgIpc) is 2.68. The highest BCUT2D eigenvalue weighted by molar-refractivity contribution is 7.98. The Bertz CT molecular complexity index is 801. The van der Waals surface area contributed by atoms with E-state index in [0.717, 1.165) is 16.5 Å². The molecule has 1 amide bonds. The van der Waals surface area contributed by atoms with Crippen molar-refractivity contribution in [3.05, 3.63) is 42.0 Å². The van der Waals surface area contributed by atoms with Gasteiger partial charge in [-0.3, -0.25) is 4.79 Å². The molecule has 0 unspecified atom stereocenters. The summed E-state index contributed by atoms with van der Waals surface area (Å²) in [6.45, 7) is 0.522. The molecule has 0 aromatic heterocycles. The zero-order chi connectivity index (χ0) is 19.8. The largest absolute Gasteiger partial charge is 0.480 e. The predicted molar refractivity (Wildman–Crippen MR) is 116 cm³/mol. The summed E-state index contributed by atoms with van der Waals surface area (Å²) in [7, 11) is 0. The summed E-state index contributed by atoms with van der Waals surface area (Å²) in [5, 5.41) is 16.9. The van der Waals surface area contributed by atoms with E-state index < -0.39 is 17.9 Å².